The van der Waals surface area contributed by atoms with Gasteiger partial charge in [0.05, 0.1) is 18.1 Å². The third-order valence-corrected chi connectivity index (χ3v) is 6.36. The van der Waals surface area contributed by atoms with E-state index in [4.69, 9.17) is 4.74 Å². The molecular weight excluding hydrogens is 394 g/mol. The minimum Gasteiger partial charge on any atom is -0.497 e. The summed E-state index contributed by atoms with van der Waals surface area (Å²) in [5.74, 6) is 1.46. The number of hydrogen-bond donors (Lipinski definition) is 1. The highest BCUT2D eigenvalue weighted by atomic mass is 32.2. The van der Waals surface area contributed by atoms with Gasteiger partial charge in [-0.1, -0.05) is 11.8 Å². The summed E-state index contributed by atoms with van der Waals surface area (Å²) < 4.78 is 7.22. The van der Waals surface area contributed by atoms with Crippen LogP contribution in [-0.2, 0) is 11.3 Å². The first kappa shape index (κ1) is 20.3. The van der Waals surface area contributed by atoms with Gasteiger partial charge in [-0.15, -0.1) is 21.5 Å². The Labute approximate surface area is 172 Å². The molecule has 0 radical (unpaired) electrons. The standard InChI is InChI=1S/C19H23N5O2S2/c1-6-24-16(14-7-9-15(26-5)10-8-14)22-23-19(24)28-13(4)17(25)21-18-20-11(2)12(3)27-18/h7-10,13H,6H2,1-5H3,(H,20,21,25). The Hall–Kier alpha value is -2.39. The Morgan fingerprint density at radius 2 is 2.00 bits per heavy atom. The van der Waals surface area contributed by atoms with E-state index in [1.165, 1.54) is 23.1 Å². The number of anilines is 1. The highest BCUT2D eigenvalue weighted by Gasteiger charge is 2.21. The number of nitrogens with zero attached hydrogens (tertiary/aromatic N) is 4. The molecule has 0 aliphatic heterocycles. The Morgan fingerprint density at radius 3 is 2.57 bits per heavy atom. The van der Waals surface area contributed by atoms with Gasteiger partial charge in [-0.25, -0.2) is 4.98 Å². The Balaban J connectivity index is 1.74. The topological polar surface area (TPSA) is 81.9 Å². The lowest BCUT2D eigenvalue weighted by Crippen LogP contribution is -2.22. The first-order valence-corrected chi connectivity index (χ1v) is 10.6. The van der Waals surface area contributed by atoms with Crippen molar-refractivity contribution in [3.8, 4) is 17.1 Å². The van der Waals surface area contributed by atoms with Crippen LogP contribution in [-0.4, -0.2) is 38.0 Å². The van der Waals surface area contributed by atoms with Crippen LogP contribution in [0.5, 0.6) is 5.75 Å². The fourth-order valence-corrected chi connectivity index (χ4v) is 4.29. The summed E-state index contributed by atoms with van der Waals surface area (Å²) >= 11 is 2.87. The second-order valence-corrected chi connectivity index (χ2v) is 8.70. The van der Waals surface area contributed by atoms with Gasteiger partial charge in [0.15, 0.2) is 16.1 Å². The highest BCUT2D eigenvalue weighted by molar-refractivity contribution is 8.00. The maximum atomic E-state index is 12.5. The molecule has 9 heteroatoms. The average Bonchev–Trinajstić information content (AvgIpc) is 3.23. The lowest BCUT2D eigenvalue weighted by Gasteiger charge is -2.12. The van der Waals surface area contributed by atoms with Crippen molar-refractivity contribution < 1.29 is 9.53 Å². The van der Waals surface area contributed by atoms with Crippen molar-refractivity contribution in [1.29, 1.82) is 0 Å². The Kier molecular flexibility index (Phi) is 6.35. The number of rotatable bonds is 7. The van der Waals surface area contributed by atoms with Crippen LogP contribution in [0.4, 0.5) is 5.13 Å². The van der Waals surface area contributed by atoms with Gasteiger partial charge in [-0.3, -0.25) is 4.79 Å². The predicted molar refractivity (Wildman–Crippen MR) is 113 cm³/mol. The summed E-state index contributed by atoms with van der Waals surface area (Å²) in [6.07, 6.45) is 0. The van der Waals surface area contributed by atoms with Crippen LogP contribution in [0.3, 0.4) is 0 Å². The van der Waals surface area contributed by atoms with E-state index >= 15 is 0 Å². The van der Waals surface area contributed by atoms with Crippen molar-refractivity contribution in [1.82, 2.24) is 19.7 Å². The van der Waals surface area contributed by atoms with Crippen LogP contribution < -0.4 is 10.1 Å². The SMILES string of the molecule is CCn1c(SC(C)C(=O)Nc2nc(C)c(C)s2)nnc1-c1ccc(OC)cc1. The molecule has 1 N–H and O–H groups in total. The van der Waals surface area contributed by atoms with Crippen molar-refractivity contribution in [3.05, 3.63) is 34.8 Å². The van der Waals surface area contributed by atoms with Crippen molar-refractivity contribution in [2.24, 2.45) is 0 Å². The lowest BCUT2D eigenvalue weighted by molar-refractivity contribution is -0.115. The minimum absolute atomic E-state index is 0.101. The van der Waals surface area contributed by atoms with Crippen LogP contribution in [0.25, 0.3) is 11.4 Å². The van der Waals surface area contributed by atoms with E-state index in [2.05, 4.69) is 20.5 Å². The quantitative estimate of drug-likeness (QED) is 0.581. The van der Waals surface area contributed by atoms with Gasteiger partial charge in [0, 0.05) is 17.0 Å². The molecule has 1 unspecified atom stereocenters. The van der Waals surface area contributed by atoms with Gasteiger partial charge in [0.25, 0.3) is 0 Å². The maximum absolute atomic E-state index is 12.5. The number of carbonyl (C=O) groups is 1. The van der Waals surface area contributed by atoms with E-state index in [1.54, 1.807) is 7.11 Å². The van der Waals surface area contributed by atoms with Gasteiger partial charge >= 0.3 is 0 Å². The Bertz CT molecular complexity index is 946. The number of aromatic nitrogens is 4. The summed E-state index contributed by atoms with van der Waals surface area (Å²) in [7, 11) is 1.64. The number of aryl methyl sites for hydroxylation is 2. The summed E-state index contributed by atoms with van der Waals surface area (Å²) in [5.41, 5.74) is 1.89. The van der Waals surface area contributed by atoms with Crippen molar-refractivity contribution in [3.63, 3.8) is 0 Å². The summed E-state index contributed by atoms with van der Waals surface area (Å²) in [5, 5.41) is 12.5. The number of ether oxygens (including phenoxy) is 1. The number of nitrogens with one attached hydrogen (secondary N) is 1. The minimum atomic E-state index is -0.331. The molecule has 0 aliphatic carbocycles. The molecule has 0 spiro atoms. The molecule has 0 aliphatic rings. The van der Waals surface area contributed by atoms with E-state index in [-0.39, 0.29) is 11.2 Å². The molecule has 148 valence electrons. The zero-order chi connectivity index (χ0) is 20.3. The molecule has 3 rings (SSSR count). The molecule has 0 fully saturated rings. The highest BCUT2D eigenvalue weighted by Crippen LogP contribution is 2.29. The zero-order valence-corrected chi connectivity index (χ0v) is 18.1. The van der Waals surface area contributed by atoms with Crippen LogP contribution >= 0.6 is 23.1 Å². The number of methoxy groups -OCH3 is 1. The summed E-state index contributed by atoms with van der Waals surface area (Å²) in [4.78, 5) is 18.0. The van der Waals surface area contributed by atoms with Gasteiger partial charge < -0.3 is 14.6 Å². The molecule has 7 nitrogen and oxygen atoms in total. The van der Waals surface area contributed by atoms with Crippen LogP contribution in [0.1, 0.15) is 24.4 Å². The fourth-order valence-electron chi connectivity index (χ4n) is 2.56. The first-order valence-electron chi connectivity index (χ1n) is 8.92. The molecule has 0 bridgehead atoms. The Morgan fingerprint density at radius 1 is 1.29 bits per heavy atom. The average molecular weight is 418 g/mol. The van der Waals surface area contributed by atoms with Crippen molar-refractivity contribution >= 4 is 34.1 Å². The molecule has 2 aromatic heterocycles. The molecule has 1 aromatic carbocycles. The number of benzene rings is 1. The number of thioether (sulfide) groups is 1. The zero-order valence-electron chi connectivity index (χ0n) is 16.5. The molecule has 1 amide bonds. The predicted octanol–water partition coefficient (Wildman–Crippen LogP) is 4.17. The molecule has 2 heterocycles. The van der Waals surface area contributed by atoms with E-state index < -0.39 is 0 Å². The lowest BCUT2D eigenvalue weighted by atomic mass is 10.2. The number of thiazole rings is 1. The van der Waals surface area contributed by atoms with Crippen LogP contribution in [0.2, 0.25) is 0 Å². The molecular formula is C19H23N5O2S2. The van der Waals surface area contributed by atoms with Gasteiger partial charge in [0.1, 0.15) is 5.75 Å². The van der Waals surface area contributed by atoms with Gasteiger partial charge in [-0.2, -0.15) is 0 Å². The van der Waals surface area contributed by atoms with Gasteiger partial charge in [-0.05, 0) is 52.0 Å². The molecule has 28 heavy (non-hydrogen) atoms. The third-order valence-electron chi connectivity index (χ3n) is 4.29. The van der Waals surface area contributed by atoms with E-state index in [0.29, 0.717) is 16.8 Å². The van der Waals surface area contributed by atoms with E-state index in [1.807, 2.05) is 56.5 Å². The fraction of sp³-hybridized carbons (Fsp3) is 0.368. The largest absolute Gasteiger partial charge is 0.497 e. The first-order chi connectivity index (χ1) is 13.4. The monoisotopic (exact) mass is 417 g/mol. The number of amides is 1. The van der Waals surface area contributed by atoms with Crippen LogP contribution in [0.15, 0.2) is 29.4 Å². The normalized spacial score (nSPS) is 12.0. The summed E-state index contributed by atoms with van der Waals surface area (Å²) in [6.45, 7) is 8.52. The second kappa shape index (κ2) is 8.74. The van der Waals surface area contributed by atoms with Crippen molar-refractivity contribution in [2.75, 3.05) is 12.4 Å². The second-order valence-electron chi connectivity index (χ2n) is 6.19. The smallest absolute Gasteiger partial charge is 0.239 e. The maximum Gasteiger partial charge on any atom is 0.239 e. The van der Waals surface area contributed by atoms with Gasteiger partial charge in [0.2, 0.25) is 5.91 Å². The molecule has 0 saturated heterocycles. The molecule has 3 aromatic rings. The van der Waals surface area contributed by atoms with E-state index in [9.17, 15) is 4.79 Å². The van der Waals surface area contributed by atoms with Crippen LogP contribution in [0, 0.1) is 13.8 Å². The van der Waals surface area contributed by atoms with E-state index in [0.717, 1.165) is 27.7 Å². The third kappa shape index (κ3) is 4.36. The summed E-state index contributed by atoms with van der Waals surface area (Å²) in [6, 6.07) is 7.69. The molecule has 0 saturated carbocycles. The number of carbonyl (C=O) groups excluding carboxylic acids is 1. The number of hydrogen-bond acceptors (Lipinski definition) is 7. The van der Waals surface area contributed by atoms with Crippen molar-refractivity contribution in [2.45, 2.75) is 44.6 Å². The molecule has 1 atom stereocenters.